The fourth-order valence-corrected chi connectivity index (χ4v) is 10.1. The molecule has 3 atom stereocenters. The number of aliphatic hydroxyl groups excluding tert-OH is 1. The Balaban J connectivity index is 0.949. The number of amides is 2. The van der Waals surface area contributed by atoms with Gasteiger partial charge in [-0.3, -0.25) is 0 Å². The number of nitrogens with zero attached hydrogens (tertiary/aromatic N) is 2. The first-order chi connectivity index (χ1) is 23.9. The first-order valence-electron chi connectivity index (χ1n) is 17.8. The SMILES string of the molecule is Cn1ccnc1SC[C@H]1C[C@@H](c2ccc(CO)cc2)O[C@@H](c2ccc(-c3ccccc3CNC(=O)NC34CC5CC(CC(C5)C3)C4)cc2)O1. The van der Waals surface area contributed by atoms with Crippen molar-refractivity contribution in [3.8, 4) is 11.1 Å². The summed E-state index contributed by atoms with van der Waals surface area (Å²) in [6.45, 7) is 0.484. The van der Waals surface area contributed by atoms with Gasteiger partial charge >= 0.3 is 6.03 Å². The number of rotatable bonds is 10. The molecule has 1 saturated heterocycles. The molecule has 49 heavy (non-hydrogen) atoms. The lowest BCUT2D eigenvalue weighted by Crippen LogP contribution is -2.61. The molecule has 8 nitrogen and oxygen atoms in total. The van der Waals surface area contributed by atoms with Crippen LogP contribution >= 0.6 is 11.8 Å². The zero-order valence-corrected chi connectivity index (χ0v) is 28.9. The van der Waals surface area contributed by atoms with Crippen LogP contribution in [0.3, 0.4) is 0 Å². The van der Waals surface area contributed by atoms with Crippen LogP contribution < -0.4 is 10.6 Å². The largest absolute Gasteiger partial charge is 0.392 e. The van der Waals surface area contributed by atoms with Crippen LogP contribution in [0.2, 0.25) is 0 Å². The van der Waals surface area contributed by atoms with Gasteiger partial charge in [-0.15, -0.1) is 0 Å². The summed E-state index contributed by atoms with van der Waals surface area (Å²) in [5, 5.41) is 17.1. The smallest absolute Gasteiger partial charge is 0.315 e. The minimum Gasteiger partial charge on any atom is -0.392 e. The molecule has 3 N–H and O–H groups in total. The average molecular weight is 679 g/mol. The number of hydrogen-bond donors (Lipinski definition) is 3. The molecular formula is C40H46N4O4S. The summed E-state index contributed by atoms with van der Waals surface area (Å²) in [6.07, 6.45) is 11.3. The molecule has 2 amide bonds. The first-order valence-corrected chi connectivity index (χ1v) is 18.8. The van der Waals surface area contributed by atoms with E-state index in [1.165, 1.54) is 19.3 Å². The molecule has 9 rings (SSSR count). The van der Waals surface area contributed by atoms with Crippen LogP contribution in [0.25, 0.3) is 11.1 Å². The van der Waals surface area contributed by atoms with E-state index < -0.39 is 6.29 Å². The molecule has 4 aliphatic carbocycles. The molecule has 0 unspecified atom stereocenters. The topological polar surface area (TPSA) is 97.6 Å². The number of nitrogens with one attached hydrogen (secondary N) is 2. The minimum atomic E-state index is -0.525. The van der Waals surface area contributed by atoms with Crippen molar-refractivity contribution in [1.82, 2.24) is 20.2 Å². The van der Waals surface area contributed by atoms with Gasteiger partial charge in [0.2, 0.25) is 0 Å². The molecule has 0 radical (unpaired) electrons. The number of aliphatic hydroxyl groups is 1. The normalized spacial score (nSPS) is 28.8. The minimum absolute atomic E-state index is 0.00470. The maximum atomic E-state index is 13.2. The summed E-state index contributed by atoms with van der Waals surface area (Å²) < 4.78 is 15.2. The molecule has 4 aromatic rings. The molecule has 256 valence electrons. The number of ether oxygens (including phenoxy) is 2. The number of hydrogen-bond acceptors (Lipinski definition) is 6. The van der Waals surface area contributed by atoms with E-state index in [-0.39, 0.29) is 30.4 Å². The monoisotopic (exact) mass is 678 g/mol. The predicted molar refractivity (Wildman–Crippen MR) is 191 cm³/mol. The highest BCUT2D eigenvalue weighted by molar-refractivity contribution is 7.99. The van der Waals surface area contributed by atoms with Crippen molar-refractivity contribution in [3.05, 3.63) is 107 Å². The third-order valence-electron chi connectivity index (χ3n) is 11.2. The van der Waals surface area contributed by atoms with Gasteiger partial charge in [0.15, 0.2) is 11.4 Å². The van der Waals surface area contributed by atoms with Crippen LogP contribution in [-0.2, 0) is 29.7 Å². The van der Waals surface area contributed by atoms with E-state index in [0.717, 1.165) is 87.7 Å². The molecule has 4 saturated carbocycles. The maximum absolute atomic E-state index is 13.2. The van der Waals surface area contributed by atoms with E-state index >= 15 is 0 Å². The Morgan fingerprint density at radius 2 is 1.61 bits per heavy atom. The van der Waals surface area contributed by atoms with Gasteiger partial charge in [0.05, 0.1) is 18.8 Å². The quantitative estimate of drug-likeness (QED) is 0.149. The van der Waals surface area contributed by atoms with E-state index in [4.69, 9.17) is 9.47 Å². The van der Waals surface area contributed by atoms with Gasteiger partial charge in [-0.1, -0.05) is 84.6 Å². The number of thioether (sulfide) groups is 1. The lowest BCUT2D eigenvalue weighted by molar-refractivity contribution is -0.245. The lowest BCUT2D eigenvalue weighted by atomic mass is 9.53. The number of carbonyl (C=O) groups excluding carboxylic acids is 1. The van der Waals surface area contributed by atoms with Crippen molar-refractivity contribution >= 4 is 17.8 Å². The van der Waals surface area contributed by atoms with Gasteiger partial charge in [0.25, 0.3) is 0 Å². The number of imidazole rings is 1. The van der Waals surface area contributed by atoms with E-state index in [2.05, 4.69) is 52.0 Å². The van der Waals surface area contributed by atoms with Gasteiger partial charge in [0.1, 0.15) is 0 Å². The van der Waals surface area contributed by atoms with Crippen molar-refractivity contribution in [3.63, 3.8) is 0 Å². The highest BCUT2D eigenvalue weighted by Crippen LogP contribution is 2.55. The summed E-state index contributed by atoms with van der Waals surface area (Å²) in [4.78, 5) is 17.7. The second kappa shape index (κ2) is 13.9. The molecule has 5 aliphatic rings. The van der Waals surface area contributed by atoms with Gasteiger partial charge in [-0.2, -0.15) is 0 Å². The van der Waals surface area contributed by atoms with Crippen molar-refractivity contribution in [1.29, 1.82) is 0 Å². The summed E-state index contributed by atoms with van der Waals surface area (Å²) in [6, 6.07) is 24.6. The Kier molecular flexibility index (Phi) is 9.27. The van der Waals surface area contributed by atoms with Crippen LogP contribution in [0, 0.1) is 17.8 Å². The number of aromatic nitrogens is 2. The third kappa shape index (κ3) is 7.17. The standard InChI is InChI=1S/C40H46N4O4S/c1-44-15-14-41-39(44)49-25-34-19-36(31-8-6-26(24-45)7-9-31)48-37(47-34)32-12-10-30(11-13-32)35-5-3-2-4-33(35)23-42-38(46)43-40-20-27-16-28(21-40)18-29(17-27)22-40/h2-15,27-29,34,36-37,45H,16-25H2,1H3,(H2,42,43,46)/t27?,28?,29?,34-,36+,37+,40?/m1/s1. The number of benzene rings is 3. The van der Waals surface area contributed by atoms with E-state index in [1.54, 1.807) is 11.8 Å². The molecule has 2 heterocycles. The summed E-state index contributed by atoms with van der Waals surface area (Å²) >= 11 is 1.69. The van der Waals surface area contributed by atoms with E-state index in [1.807, 2.05) is 60.4 Å². The summed E-state index contributed by atoms with van der Waals surface area (Å²) in [5.41, 5.74) is 6.16. The van der Waals surface area contributed by atoms with Crippen molar-refractivity contribution in [2.24, 2.45) is 24.8 Å². The molecule has 5 fully saturated rings. The summed E-state index contributed by atoms with van der Waals surface area (Å²) in [5.74, 6) is 3.13. The second-order valence-electron chi connectivity index (χ2n) is 14.8. The van der Waals surface area contributed by atoms with Gasteiger partial charge in [0, 0.05) is 49.3 Å². The second-order valence-corrected chi connectivity index (χ2v) is 15.8. The fourth-order valence-electron chi connectivity index (χ4n) is 9.18. The number of urea groups is 1. The van der Waals surface area contributed by atoms with Crippen LogP contribution in [-0.4, -0.2) is 38.1 Å². The number of aryl methyl sites for hydroxylation is 1. The maximum Gasteiger partial charge on any atom is 0.315 e. The Hall–Kier alpha value is -3.63. The zero-order chi connectivity index (χ0) is 33.4. The first kappa shape index (κ1) is 32.6. The Morgan fingerprint density at radius 1 is 0.918 bits per heavy atom. The van der Waals surface area contributed by atoms with Crippen molar-refractivity contribution in [2.45, 2.75) is 87.3 Å². The highest BCUT2D eigenvalue weighted by atomic mass is 32.2. The lowest BCUT2D eigenvalue weighted by Gasteiger charge is -2.56. The van der Waals surface area contributed by atoms with Gasteiger partial charge < -0.3 is 29.8 Å². The average Bonchev–Trinajstić information content (AvgIpc) is 3.53. The Labute approximate surface area is 293 Å². The Bertz CT molecular complexity index is 1720. The molecule has 1 aliphatic heterocycles. The molecule has 0 spiro atoms. The molecule has 4 bridgehead atoms. The van der Waals surface area contributed by atoms with Crippen LogP contribution in [0.5, 0.6) is 0 Å². The van der Waals surface area contributed by atoms with Gasteiger partial charge in [-0.05, 0) is 84.1 Å². The van der Waals surface area contributed by atoms with E-state index in [9.17, 15) is 9.90 Å². The molecule has 1 aromatic heterocycles. The Morgan fingerprint density at radius 3 is 2.29 bits per heavy atom. The van der Waals surface area contributed by atoms with Crippen LogP contribution in [0.15, 0.2) is 90.3 Å². The molecular weight excluding hydrogens is 633 g/mol. The van der Waals surface area contributed by atoms with Gasteiger partial charge in [-0.25, -0.2) is 9.78 Å². The van der Waals surface area contributed by atoms with Crippen LogP contribution in [0.4, 0.5) is 4.79 Å². The van der Waals surface area contributed by atoms with Crippen molar-refractivity contribution in [2.75, 3.05) is 5.75 Å². The summed E-state index contributed by atoms with van der Waals surface area (Å²) in [7, 11) is 2.00. The fraction of sp³-hybridized carbons (Fsp3) is 0.450. The zero-order valence-electron chi connectivity index (χ0n) is 28.1. The highest BCUT2D eigenvalue weighted by Gasteiger charge is 2.51. The van der Waals surface area contributed by atoms with E-state index in [0.29, 0.717) is 6.54 Å². The molecule has 9 heteroatoms. The molecule has 3 aromatic carbocycles. The third-order valence-corrected chi connectivity index (χ3v) is 12.3. The predicted octanol–water partition coefficient (Wildman–Crippen LogP) is 7.69. The number of carbonyl (C=O) groups is 1. The van der Waals surface area contributed by atoms with Crippen molar-refractivity contribution < 1.29 is 19.4 Å². The van der Waals surface area contributed by atoms with Crippen LogP contribution in [0.1, 0.15) is 79.6 Å².